The van der Waals surface area contributed by atoms with Crippen LogP contribution in [0, 0.1) is 0 Å². The van der Waals surface area contributed by atoms with Crippen molar-refractivity contribution in [2.75, 3.05) is 7.11 Å². The highest BCUT2D eigenvalue weighted by Crippen LogP contribution is 2.31. The van der Waals surface area contributed by atoms with Gasteiger partial charge in [-0.05, 0) is 54.2 Å². The minimum absolute atomic E-state index is 0.160. The number of nitrogens with zero attached hydrogens (tertiary/aromatic N) is 2. The summed E-state index contributed by atoms with van der Waals surface area (Å²) in [6, 6.07) is 17.6. The number of carbonyl (C=O) groups is 1. The van der Waals surface area contributed by atoms with Gasteiger partial charge in [-0.3, -0.25) is 4.79 Å². The van der Waals surface area contributed by atoms with E-state index >= 15 is 0 Å². The van der Waals surface area contributed by atoms with Crippen molar-refractivity contribution in [2.45, 2.75) is 0 Å². The number of nitrogens with one attached hydrogen (secondary N) is 1. The number of hydrogen-bond acceptors (Lipinski definition) is 5. The lowest BCUT2D eigenvalue weighted by atomic mass is 10.1. The second-order valence-electron chi connectivity index (χ2n) is 5.79. The molecule has 2 heterocycles. The Hall–Kier alpha value is -2.90. The van der Waals surface area contributed by atoms with Crippen molar-refractivity contribution in [3.8, 4) is 22.7 Å². The van der Waals surface area contributed by atoms with Crippen LogP contribution in [0.25, 0.3) is 23.0 Å². The lowest BCUT2D eigenvalue weighted by molar-refractivity contribution is 0.265. The number of thiocarbonyl (C=S) groups is 1. The number of ether oxygens (including phenoxy) is 1. The molecule has 1 aliphatic heterocycles. The number of methoxy groups -OCH3 is 1. The summed E-state index contributed by atoms with van der Waals surface area (Å²) in [5, 5.41) is 7.25. The van der Waals surface area contributed by atoms with E-state index in [1.54, 1.807) is 7.11 Å². The molecule has 1 amide bonds. The molecule has 4 rings (SSSR count). The zero-order valence-electron chi connectivity index (χ0n) is 14.4. The number of carbonyl (C=O) groups excluding carboxylic acids is 1. The van der Waals surface area contributed by atoms with Crippen molar-refractivity contribution in [3.05, 3.63) is 71.3 Å². The first-order valence-electron chi connectivity index (χ1n) is 8.18. The van der Waals surface area contributed by atoms with E-state index in [9.17, 15) is 4.79 Å². The molecule has 0 bridgehead atoms. The highest BCUT2D eigenvalue weighted by atomic mass is 32.2. The smallest absolute Gasteiger partial charge is 0.289 e. The van der Waals surface area contributed by atoms with E-state index in [1.807, 2.05) is 71.6 Å². The number of para-hydroxylation sites is 1. The van der Waals surface area contributed by atoms with Crippen molar-refractivity contribution in [2.24, 2.45) is 0 Å². The molecule has 0 aliphatic carbocycles. The standard InChI is InChI=1S/C20H15N3O2S2/c1-25-16-9-7-13(8-10-16)18-14(11-17-19(26)21-20(24)27-17)12-23(22-18)15-5-3-2-4-6-15/h2-12H,1H3,(H,21,24,26). The average Bonchev–Trinajstić information content (AvgIpc) is 3.25. The molecule has 1 aliphatic rings. The van der Waals surface area contributed by atoms with Crippen molar-refractivity contribution in [1.82, 2.24) is 15.1 Å². The molecule has 1 fully saturated rings. The topological polar surface area (TPSA) is 56.2 Å². The average molecular weight is 393 g/mol. The van der Waals surface area contributed by atoms with E-state index in [4.69, 9.17) is 22.1 Å². The van der Waals surface area contributed by atoms with Gasteiger partial charge in [0.25, 0.3) is 5.24 Å². The van der Waals surface area contributed by atoms with Crippen molar-refractivity contribution in [1.29, 1.82) is 0 Å². The van der Waals surface area contributed by atoms with E-state index in [-0.39, 0.29) is 5.24 Å². The van der Waals surface area contributed by atoms with Gasteiger partial charge in [-0.25, -0.2) is 4.68 Å². The third-order valence-electron chi connectivity index (χ3n) is 4.06. The van der Waals surface area contributed by atoms with Gasteiger partial charge in [0.2, 0.25) is 0 Å². The van der Waals surface area contributed by atoms with E-state index < -0.39 is 0 Å². The molecule has 0 radical (unpaired) electrons. The number of thioether (sulfide) groups is 1. The van der Waals surface area contributed by atoms with E-state index in [0.717, 1.165) is 44.9 Å². The molecule has 3 aromatic rings. The number of hydrogen-bond donors (Lipinski definition) is 1. The van der Waals surface area contributed by atoms with Crippen LogP contribution in [0.3, 0.4) is 0 Å². The first kappa shape index (κ1) is 17.5. The fourth-order valence-corrected chi connectivity index (χ4v) is 3.77. The Balaban J connectivity index is 1.82. The van der Waals surface area contributed by atoms with Gasteiger partial charge in [-0.15, -0.1) is 0 Å². The molecule has 0 saturated carbocycles. The maximum Gasteiger partial charge on any atom is 0.289 e. The van der Waals surface area contributed by atoms with Gasteiger partial charge in [0.15, 0.2) is 0 Å². The molecule has 0 unspecified atom stereocenters. The van der Waals surface area contributed by atoms with Crippen molar-refractivity contribution < 1.29 is 9.53 Å². The van der Waals surface area contributed by atoms with Crippen molar-refractivity contribution >= 4 is 40.3 Å². The van der Waals surface area contributed by atoms with Gasteiger partial charge in [-0.1, -0.05) is 30.4 Å². The molecule has 7 heteroatoms. The first-order valence-corrected chi connectivity index (χ1v) is 9.41. The molecule has 0 atom stereocenters. The van der Waals surface area contributed by atoms with Crippen LogP contribution >= 0.6 is 24.0 Å². The Morgan fingerprint density at radius 2 is 1.89 bits per heavy atom. The molecule has 134 valence electrons. The van der Waals surface area contributed by atoms with Gasteiger partial charge in [0.1, 0.15) is 10.7 Å². The molecule has 27 heavy (non-hydrogen) atoms. The lowest BCUT2D eigenvalue weighted by Crippen LogP contribution is -2.15. The summed E-state index contributed by atoms with van der Waals surface area (Å²) in [4.78, 5) is 12.8. The van der Waals surface area contributed by atoms with Gasteiger partial charge in [0.05, 0.1) is 23.4 Å². The largest absolute Gasteiger partial charge is 0.497 e. The maximum absolute atomic E-state index is 11.6. The summed E-state index contributed by atoms with van der Waals surface area (Å²) >= 11 is 6.34. The van der Waals surface area contributed by atoms with Crippen LogP contribution in [0.15, 0.2) is 65.7 Å². The Kier molecular flexibility index (Phi) is 4.79. The Morgan fingerprint density at radius 3 is 2.52 bits per heavy atom. The summed E-state index contributed by atoms with van der Waals surface area (Å²) in [6.45, 7) is 0. The molecule has 1 saturated heterocycles. The monoisotopic (exact) mass is 393 g/mol. The van der Waals surface area contributed by atoms with Gasteiger partial charge >= 0.3 is 0 Å². The summed E-state index contributed by atoms with van der Waals surface area (Å²) in [5.41, 5.74) is 3.58. The van der Waals surface area contributed by atoms with Gasteiger partial charge < -0.3 is 10.1 Å². The molecular formula is C20H15N3O2S2. The second-order valence-corrected chi connectivity index (χ2v) is 7.22. The van der Waals surface area contributed by atoms with Crippen LogP contribution in [0.1, 0.15) is 5.56 Å². The molecular weight excluding hydrogens is 378 g/mol. The maximum atomic E-state index is 11.6. The minimum atomic E-state index is -0.160. The zero-order chi connectivity index (χ0) is 18.8. The second kappa shape index (κ2) is 7.38. The number of rotatable bonds is 4. The fraction of sp³-hybridized carbons (Fsp3) is 0.0500. The van der Waals surface area contributed by atoms with Crippen LogP contribution in [0.5, 0.6) is 5.75 Å². The molecule has 2 aromatic carbocycles. The quantitative estimate of drug-likeness (QED) is 0.516. The van der Waals surface area contributed by atoms with Crippen LogP contribution in [-0.4, -0.2) is 27.1 Å². The summed E-state index contributed by atoms with van der Waals surface area (Å²) in [6.07, 6.45) is 3.84. The summed E-state index contributed by atoms with van der Waals surface area (Å²) in [5.74, 6) is 0.781. The van der Waals surface area contributed by atoms with E-state index in [0.29, 0.717) is 4.99 Å². The predicted octanol–water partition coefficient (Wildman–Crippen LogP) is 4.67. The van der Waals surface area contributed by atoms with Crippen LogP contribution < -0.4 is 10.1 Å². The molecule has 5 nitrogen and oxygen atoms in total. The van der Waals surface area contributed by atoms with Gasteiger partial charge in [0, 0.05) is 17.3 Å². The Morgan fingerprint density at radius 1 is 1.15 bits per heavy atom. The fourth-order valence-electron chi connectivity index (χ4n) is 2.74. The lowest BCUT2D eigenvalue weighted by Gasteiger charge is -2.03. The Labute approximate surface area is 166 Å². The number of aromatic nitrogens is 2. The molecule has 1 aromatic heterocycles. The summed E-state index contributed by atoms with van der Waals surface area (Å²) in [7, 11) is 1.64. The van der Waals surface area contributed by atoms with E-state index in [2.05, 4.69) is 5.32 Å². The van der Waals surface area contributed by atoms with Crippen LogP contribution in [0.4, 0.5) is 4.79 Å². The molecule has 1 N–H and O–H groups in total. The zero-order valence-corrected chi connectivity index (χ0v) is 16.0. The highest BCUT2D eigenvalue weighted by molar-refractivity contribution is 8.19. The van der Waals surface area contributed by atoms with Gasteiger partial charge in [-0.2, -0.15) is 5.10 Å². The minimum Gasteiger partial charge on any atom is -0.497 e. The van der Waals surface area contributed by atoms with Crippen molar-refractivity contribution in [3.63, 3.8) is 0 Å². The number of benzene rings is 2. The van der Waals surface area contributed by atoms with Crippen LogP contribution in [0.2, 0.25) is 0 Å². The Bertz CT molecular complexity index is 1040. The molecule has 0 spiro atoms. The highest BCUT2D eigenvalue weighted by Gasteiger charge is 2.23. The predicted molar refractivity (Wildman–Crippen MR) is 112 cm³/mol. The van der Waals surface area contributed by atoms with E-state index in [1.165, 1.54) is 0 Å². The first-order chi connectivity index (χ1) is 13.1. The normalized spacial score (nSPS) is 15.2. The van der Waals surface area contributed by atoms with Crippen LogP contribution in [-0.2, 0) is 0 Å². The SMILES string of the molecule is COc1ccc(-c2nn(-c3ccccc3)cc2C=C2SC(=O)NC2=S)cc1. The number of amides is 1. The summed E-state index contributed by atoms with van der Waals surface area (Å²) < 4.78 is 7.06. The third kappa shape index (κ3) is 3.65. The third-order valence-corrected chi connectivity index (χ3v) is 5.34.